The Balaban J connectivity index is 1.50. The van der Waals surface area contributed by atoms with Gasteiger partial charge in [0.15, 0.2) is 11.5 Å². The van der Waals surface area contributed by atoms with Crippen molar-refractivity contribution in [3.05, 3.63) is 53.3 Å². The summed E-state index contributed by atoms with van der Waals surface area (Å²) < 4.78 is 24.8. The topological polar surface area (TPSA) is 54.0 Å². The summed E-state index contributed by atoms with van der Waals surface area (Å²) in [6.45, 7) is 7.77. The smallest absolute Gasteiger partial charge is 0.322 e. The largest absolute Gasteiger partial charge is 0.454 e. The molecule has 0 spiro atoms. The monoisotopic (exact) mass is 441 g/mol. The molecule has 0 aliphatic carbocycles. The quantitative estimate of drug-likeness (QED) is 0.645. The summed E-state index contributed by atoms with van der Waals surface area (Å²) in [7, 11) is 0. The van der Waals surface area contributed by atoms with Crippen LogP contribution in [-0.2, 0) is 6.54 Å². The van der Waals surface area contributed by atoms with Crippen LogP contribution in [0.3, 0.4) is 0 Å². The van der Waals surface area contributed by atoms with Gasteiger partial charge in [0.25, 0.3) is 0 Å². The molecule has 0 bridgehead atoms. The number of benzene rings is 2. The molecular weight excluding hydrogens is 409 g/mol. The number of halogens is 1. The van der Waals surface area contributed by atoms with Gasteiger partial charge in [-0.2, -0.15) is 0 Å². The molecule has 0 saturated carbocycles. The lowest BCUT2D eigenvalue weighted by molar-refractivity contribution is 0.122. The van der Waals surface area contributed by atoms with E-state index in [2.05, 4.69) is 17.1 Å². The van der Waals surface area contributed by atoms with Crippen molar-refractivity contribution in [2.45, 2.75) is 52.1 Å². The fourth-order valence-corrected chi connectivity index (χ4v) is 4.44. The van der Waals surface area contributed by atoms with Crippen LogP contribution in [0.15, 0.2) is 36.4 Å². The summed E-state index contributed by atoms with van der Waals surface area (Å²) in [5.41, 5.74) is 2.23. The van der Waals surface area contributed by atoms with Crippen molar-refractivity contribution in [2.24, 2.45) is 0 Å². The zero-order valence-electron chi connectivity index (χ0n) is 18.9. The first kappa shape index (κ1) is 22.4. The summed E-state index contributed by atoms with van der Waals surface area (Å²) in [4.78, 5) is 17.7. The number of piperidine rings is 1. The molecule has 2 aromatic rings. The first-order chi connectivity index (χ1) is 15.5. The molecule has 2 aliphatic rings. The number of unbranched alkanes of at least 4 members (excludes halogenated alkanes) is 1. The van der Waals surface area contributed by atoms with Crippen molar-refractivity contribution in [3.8, 4) is 11.5 Å². The van der Waals surface area contributed by atoms with Gasteiger partial charge in [-0.1, -0.05) is 19.4 Å². The molecule has 0 unspecified atom stereocenters. The minimum atomic E-state index is -0.355. The maximum absolute atomic E-state index is 13.9. The van der Waals surface area contributed by atoms with E-state index in [9.17, 15) is 9.18 Å². The van der Waals surface area contributed by atoms with Gasteiger partial charge in [0, 0.05) is 31.4 Å². The number of nitrogens with zero attached hydrogens (tertiary/aromatic N) is 2. The van der Waals surface area contributed by atoms with Crippen LogP contribution in [0.1, 0.15) is 43.7 Å². The average molecular weight is 442 g/mol. The van der Waals surface area contributed by atoms with Crippen molar-refractivity contribution < 1.29 is 18.7 Å². The molecule has 1 saturated heterocycles. The number of anilines is 1. The van der Waals surface area contributed by atoms with Crippen molar-refractivity contribution in [1.29, 1.82) is 0 Å². The molecule has 1 N–H and O–H groups in total. The summed E-state index contributed by atoms with van der Waals surface area (Å²) in [5, 5.41) is 2.92. The molecule has 0 aromatic heterocycles. The number of likely N-dealkylation sites (tertiary alicyclic amines) is 1. The molecule has 6 nitrogen and oxygen atoms in total. The van der Waals surface area contributed by atoms with Gasteiger partial charge in [0.05, 0.1) is 0 Å². The highest BCUT2D eigenvalue weighted by atomic mass is 19.1. The highest BCUT2D eigenvalue weighted by molar-refractivity contribution is 5.89. The highest BCUT2D eigenvalue weighted by Crippen LogP contribution is 2.33. The Labute approximate surface area is 189 Å². The minimum Gasteiger partial charge on any atom is -0.454 e. The third-order valence-electron chi connectivity index (χ3n) is 6.17. The Bertz CT molecular complexity index is 924. The van der Waals surface area contributed by atoms with Gasteiger partial charge >= 0.3 is 6.03 Å². The summed E-state index contributed by atoms with van der Waals surface area (Å²) in [6, 6.07) is 10.3. The fraction of sp³-hybridized carbons (Fsp3) is 0.480. The second kappa shape index (κ2) is 10.2. The second-order valence-electron chi connectivity index (χ2n) is 8.69. The van der Waals surface area contributed by atoms with Crippen molar-refractivity contribution in [3.63, 3.8) is 0 Å². The molecule has 0 atom stereocenters. The van der Waals surface area contributed by atoms with Crippen LogP contribution < -0.4 is 14.8 Å². The van der Waals surface area contributed by atoms with Crippen LogP contribution in [0.25, 0.3) is 0 Å². The van der Waals surface area contributed by atoms with Crippen LogP contribution in [0.4, 0.5) is 14.9 Å². The Morgan fingerprint density at radius 1 is 1.16 bits per heavy atom. The van der Waals surface area contributed by atoms with E-state index < -0.39 is 0 Å². The van der Waals surface area contributed by atoms with Gasteiger partial charge < -0.3 is 24.6 Å². The number of aryl methyl sites for hydroxylation is 1. The molecule has 32 heavy (non-hydrogen) atoms. The van der Waals surface area contributed by atoms with Crippen molar-refractivity contribution >= 4 is 11.7 Å². The van der Waals surface area contributed by atoms with Crippen molar-refractivity contribution in [2.75, 3.05) is 31.7 Å². The number of ether oxygens (including phenoxy) is 2. The highest BCUT2D eigenvalue weighted by Gasteiger charge is 2.28. The van der Waals surface area contributed by atoms with Gasteiger partial charge in [-0.25, -0.2) is 9.18 Å². The number of hydrogen-bond donors (Lipinski definition) is 1. The van der Waals surface area contributed by atoms with Crippen LogP contribution >= 0.6 is 0 Å². The van der Waals surface area contributed by atoms with Gasteiger partial charge in [-0.05, 0) is 74.2 Å². The molecule has 172 valence electrons. The van der Waals surface area contributed by atoms with Gasteiger partial charge in [0.1, 0.15) is 5.82 Å². The van der Waals surface area contributed by atoms with E-state index in [4.69, 9.17) is 9.47 Å². The summed E-state index contributed by atoms with van der Waals surface area (Å²) in [6.07, 6.45) is 4.23. The molecule has 4 rings (SSSR count). The van der Waals surface area contributed by atoms with E-state index in [-0.39, 0.29) is 24.7 Å². The Kier molecular flexibility index (Phi) is 7.15. The molecule has 7 heteroatoms. The predicted octanol–water partition coefficient (Wildman–Crippen LogP) is 5.16. The molecule has 2 aliphatic heterocycles. The van der Waals surface area contributed by atoms with E-state index in [0.29, 0.717) is 18.0 Å². The van der Waals surface area contributed by atoms with Gasteiger partial charge in [0.2, 0.25) is 6.79 Å². The third-order valence-corrected chi connectivity index (χ3v) is 6.17. The standard InChI is InChI=1S/C25H32FN3O3/c1-3-4-9-28-10-7-22(8-11-28)29(16-19-5-6-23-24(14-19)32-17-31-23)25(30)27-21-13-18(2)12-20(26)15-21/h5-6,12-15,22H,3-4,7-11,16-17H2,1-2H3,(H,27,30). The first-order valence-electron chi connectivity index (χ1n) is 11.5. The van der Waals surface area contributed by atoms with E-state index in [1.54, 1.807) is 6.07 Å². The van der Waals surface area contributed by atoms with Crippen molar-refractivity contribution in [1.82, 2.24) is 9.80 Å². The molecular formula is C25H32FN3O3. The number of rotatable bonds is 7. The van der Waals surface area contributed by atoms with Gasteiger partial charge in [-0.15, -0.1) is 0 Å². The number of hydrogen-bond acceptors (Lipinski definition) is 4. The number of amides is 2. The summed E-state index contributed by atoms with van der Waals surface area (Å²) in [5.74, 6) is 1.08. The number of carbonyl (C=O) groups is 1. The molecule has 1 fully saturated rings. The number of nitrogens with one attached hydrogen (secondary N) is 1. The number of urea groups is 1. The van der Waals surface area contributed by atoms with E-state index in [0.717, 1.165) is 49.4 Å². The maximum atomic E-state index is 13.9. The molecule has 0 radical (unpaired) electrons. The predicted molar refractivity (Wildman–Crippen MR) is 123 cm³/mol. The van der Waals surface area contributed by atoms with E-state index in [1.165, 1.54) is 25.0 Å². The lowest BCUT2D eigenvalue weighted by atomic mass is 10.0. The van der Waals surface area contributed by atoms with Crippen LogP contribution in [0, 0.1) is 12.7 Å². The second-order valence-corrected chi connectivity index (χ2v) is 8.69. The minimum absolute atomic E-state index is 0.118. The fourth-order valence-electron chi connectivity index (χ4n) is 4.44. The molecule has 2 aromatic carbocycles. The normalized spacial score (nSPS) is 16.2. The molecule has 2 heterocycles. The lowest BCUT2D eigenvalue weighted by Gasteiger charge is -2.38. The van der Waals surface area contributed by atoms with Crippen LogP contribution in [-0.4, -0.2) is 48.3 Å². The van der Waals surface area contributed by atoms with E-state index >= 15 is 0 Å². The lowest BCUT2D eigenvalue weighted by Crippen LogP contribution is -2.48. The maximum Gasteiger partial charge on any atom is 0.322 e. The van der Waals surface area contributed by atoms with Crippen LogP contribution in [0.5, 0.6) is 11.5 Å². The van der Waals surface area contributed by atoms with Gasteiger partial charge in [-0.3, -0.25) is 0 Å². The average Bonchev–Trinajstić information content (AvgIpc) is 3.23. The Hall–Kier alpha value is -2.80. The SMILES string of the molecule is CCCCN1CCC(N(Cc2ccc3c(c2)OCO3)C(=O)Nc2cc(C)cc(F)c2)CC1. The zero-order valence-corrected chi connectivity index (χ0v) is 18.9. The molecule has 2 amide bonds. The van der Waals surface area contributed by atoms with E-state index in [1.807, 2.05) is 30.0 Å². The summed E-state index contributed by atoms with van der Waals surface area (Å²) >= 11 is 0. The first-order valence-corrected chi connectivity index (χ1v) is 11.5. The number of fused-ring (bicyclic) bond motifs is 1. The van der Waals surface area contributed by atoms with Crippen LogP contribution in [0.2, 0.25) is 0 Å². The zero-order chi connectivity index (χ0) is 22.5. The Morgan fingerprint density at radius 2 is 1.94 bits per heavy atom. The number of carbonyl (C=O) groups excluding carboxylic acids is 1. The Morgan fingerprint density at radius 3 is 2.69 bits per heavy atom. The third kappa shape index (κ3) is 5.51.